The zero-order valence-electron chi connectivity index (χ0n) is 19.0. The Morgan fingerprint density at radius 1 is 1.23 bits per heavy atom. The lowest BCUT2D eigenvalue weighted by molar-refractivity contribution is 0.00578. The van der Waals surface area contributed by atoms with Crippen LogP contribution in [-0.2, 0) is 18.8 Å². The second kappa shape index (κ2) is 9.07. The molecule has 2 heterocycles. The average Bonchev–Trinajstić information content (AvgIpc) is 3.12. The Kier molecular flexibility index (Phi) is 7.37. The maximum Gasteiger partial charge on any atom is 0.492 e. The van der Waals surface area contributed by atoms with Crippen LogP contribution in [0.3, 0.4) is 0 Å². The van der Waals surface area contributed by atoms with E-state index in [4.69, 9.17) is 18.8 Å². The fraction of sp³-hybridized carbons (Fsp3) is 0.650. The van der Waals surface area contributed by atoms with Gasteiger partial charge in [-0.1, -0.05) is 0 Å². The van der Waals surface area contributed by atoms with Crippen LogP contribution in [0.25, 0.3) is 6.08 Å². The van der Waals surface area contributed by atoms with E-state index in [0.717, 1.165) is 0 Å². The van der Waals surface area contributed by atoms with Gasteiger partial charge in [-0.2, -0.15) is 0 Å². The molecule has 10 heteroatoms. The summed E-state index contributed by atoms with van der Waals surface area (Å²) in [5, 5.41) is 4.95. The largest absolute Gasteiger partial charge is 0.492 e. The molecule has 0 spiro atoms. The number of carbonyl (C=O) groups excluding carboxylic acids is 2. The van der Waals surface area contributed by atoms with Crippen LogP contribution in [0.5, 0.6) is 0 Å². The van der Waals surface area contributed by atoms with Gasteiger partial charge >= 0.3 is 19.2 Å². The molecule has 1 aromatic rings. The molecule has 0 bridgehead atoms. The molecule has 1 aliphatic rings. The molecule has 0 saturated carbocycles. The van der Waals surface area contributed by atoms with Crippen molar-refractivity contribution in [3.63, 3.8) is 0 Å². The molecule has 0 aliphatic carbocycles. The number of amides is 1. The predicted octanol–water partition coefficient (Wildman–Crippen LogP) is 3.86. The predicted molar refractivity (Wildman–Crippen MR) is 116 cm³/mol. The van der Waals surface area contributed by atoms with E-state index in [1.54, 1.807) is 39.2 Å². The van der Waals surface area contributed by atoms with Crippen LogP contribution in [0.1, 0.15) is 70.9 Å². The van der Waals surface area contributed by atoms with Crippen LogP contribution in [0, 0.1) is 0 Å². The highest BCUT2D eigenvalue weighted by Gasteiger charge is 2.52. The first-order valence-electron chi connectivity index (χ1n) is 9.89. The smallest absolute Gasteiger partial charge is 0.461 e. The topological polar surface area (TPSA) is 96.0 Å². The molecule has 0 radical (unpaired) electrons. The van der Waals surface area contributed by atoms with Gasteiger partial charge in [0.05, 0.1) is 17.8 Å². The Hall–Kier alpha value is -1.91. The summed E-state index contributed by atoms with van der Waals surface area (Å²) in [7, 11) is -0.681. The molecule has 8 nitrogen and oxygen atoms in total. The van der Waals surface area contributed by atoms with Crippen molar-refractivity contribution in [2.24, 2.45) is 0 Å². The van der Waals surface area contributed by atoms with Gasteiger partial charge in [-0.25, -0.2) is 14.6 Å². The van der Waals surface area contributed by atoms with Crippen molar-refractivity contribution in [2.45, 2.75) is 72.2 Å². The summed E-state index contributed by atoms with van der Waals surface area (Å²) in [6.07, 6.45) is 1.21. The first-order valence-corrected chi connectivity index (χ1v) is 10.8. The Bertz CT molecular complexity index is 796. The molecule has 1 aromatic heterocycles. The summed E-state index contributed by atoms with van der Waals surface area (Å²) < 4.78 is 22.6. The SMILES string of the molecule is CCOC(=O)c1csc(C=C(CNC(=O)OC(C)(C)C)B2OC(C)(C)C(C)(C)O2)n1. The number of ether oxygens (including phenoxy) is 2. The van der Waals surface area contributed by atoms with Gasteiger partial charge in [-0.05, 0) is 66.9 Å². The third-order valence-electron chi connectivity index (χ3n) is 4.71. The summed E-state index contributed by atoms with van der Waals surface area (Å²) in [6.45, 7) is 15.4. The van der Waals surface area contributed by atoms with Gasteiger partial charge in [0.15, 0.2) is 5.69 Å². The zero-order valence-corrected chi connectivity index (χ0v) is 19.8. The summed E-state index contributed by atoms with van der Waals surface area (Å²) in [6, 6.07) is 0. The standard InChI is InChI=1S/C20H31BN2O6S/c1-9-26-16(24)14-12-30-15(23-14)10-13(11-22-17(25)27-18(2,3)4)21-28-19(5,6)20(7,8)29-21/h10,12H,9,11H2,1-8H3,(H,22,25). The molecule has 1 N–H and O–H groups in total. The van der Waals surface area contributed by atoms with Crippen molar-refractivity contribution < 1.29 is 28.4 Å². The second-order valence-corrected chi connectivity index (χ2v) is 9.84. The van der Waals surface area contributed by atoms with Crippen LogP contribution in [0.2, 0.25) is 0 Å². The molecule has 1 fully saturated rings. The van der Waals surface area contributed by atoms with E-state index in [2.05, 4.69) is 10.3 Å². The minimum atomic E-state index is -0.681. The minimum absolute atomic E-state index is 0.139. The monoisotopic (exact) mass is 438 g/mol. The average molecular weight is 438 g/mol. The van der Waals surface area contributed by atoms with Gasteiger partial charge in [0.25, 0.3) is 0 Å². The van der Waals surface area contributed by atoms with Crippen molar-refractivity contribution in [1.29, 1.82) is 0 Å². The Morgan fingerprint density at radius 2 is 1.83 bits per heavy atom. The highest BCUT2D eigenvalue weighted by atomic mass is 32.1. The van der Waals surface area contributed by atoms with E-state index in [0.29, 0.717) is 10.5 Å². The number of rotatable bonds is 6. The number of hydrogen-bond acceptors (Lipinski definition) is 8. The number of hydrogen-bond donors (Lipinski definition) is 1. The van der Waals surface area contributed by atoms with Crippen molar-refractivity contribution in [3.05, 3.63) is 21.6 Å². The molecule has 0 aromatic carbocycles. The summed E-state index contributed by atoms with van der Waals surface area (Å²) >= 11 is 1.29. The van der Waals surface area contributed by atoms with E-state index in [9.17, 15) is 9.59 Å². The van der Waals surface area contributed by atoms with Crippen molar-refractivity contribution in [2.75, 3.05) is 13.2 Å². The van der Waals surface area contributed by atoms with E-state index in [-0.39, 0.29) is 18.8 Å². The Labute approximate surface area is 182 Å². The number of aromatic nitrogens is 1. The molecule has 0 atom stereocenters. The van der Waals surface area contributed by atoms with Gasteiger partial charge in [0.2, 0.25) is 0 Å². The lowest BCUT2D eigenvalue weighted by atomic mass is 9.77. The number of nitrogens with one attached hydrogen (secondary N) is 1. The van der Waals surface area contributed by atoms with Gasteiger partial charge in [0, 0.05) is 11.9 Å². The third-order valence-corrected chi connectivity index (χ3v) is 5.50. The van der Waals surface area contributed by atoms with Crippen LogP contribution in [-0.4, -0.2) is 54.1 Å². The minimum Gasteiger partial charge on any atom is -0.461 e. The van der Waals surface area contributed by atoms with E-state index < -0.39 is 36.0 Å². The highest BCUT2D eigenvalue weighted by molar-refractivity contribution is 7.10. The van der Waals surface area contributed by atoms with E-state index in [1.807, 2.05) is 27.7 Å². The number of nitrogens with zero attached hydrogens (tertiary/aromatic N) is 1. The van der Waals surface area contributed by atoms with Gasteiger partial charge in [-0.3, -0.25) is 0 Å². The van der Waals surface area contributed by atoms with Gasteiger partial charge in [-0.15, -0.1) is 11.3 Å². The molecule has 1 aliphatic heterocycles. The number of thiazole rings is 1. The normalized spacial score (nSPS) is 18.3. The number of carbonyl (C=O) groups is 2. The van der Waals surface area contributed by atoms with Crippen molar-refractivity contribution in [3.8, 4) is 0 Å². The van der Waals surface area contributed by atoms with Crippen molar-refractivity contribution in [1.82, 2.24) is 10.3 Å². The summed E-state index contributed by atoms with van der Waals surface area (Å²) in [4.78, 5) is 28.3. The van der Waals surface area contributed by atoms with Crippen LogP contribution in [0.4, 0.5) is 4.79 Å². The Morgan fingerprint density at radius 3 is 2.37 bits per heavy atom. The molecule has 30 heavy (non-hydrogen) atoms. The lowest BCUT2D eigenvalue weighted by Crippen LogP contribution is -2.41. The quantitative estimate of drug-likeness (QED) is 0.532. The van der Waals surface area contributed by atoms with Crippen molar-refractivity contribution >= 4 is 36.6 Å². The number of alkyl carbamates (subject to hydrolysis) is 1. The molecule has 166 valence electrons. The Balaban J connectivity index is 2.24. The summed E-state index contributed by atoms with van der Waals surface area (Å²) in [5.41, 5.74) is -0.795. The third kappa shape index (κ3) is 6.29. The molecule has 1 saturated heterocycles. The first kappa shape index (κ1) is 24.4. The second-order valence-electron chi connectivity index (χ2n) is 8.95. The molecule has 0 unspecified atom stereocenters. The molecule has 2 rings (SSSR count). The van der Waals surface area contributed by atoms with Gasteiger partial charge in [0.1, 0.15) is 10.6 Å². The fourth-order valence-electron chi connectivity index (χ4n) is 2.50. The van der Waals surface area contributed by atoms with E-state index >= 15 is 0 Å². The maximum absolute atomic E-state index is 12.1. The molecule has 1 amide bonds. The van der Waals surface area contributed by atoms with E-state index in [1.165, 1.54) is 11.3 Å². The van der Waals surface area contributed by atoms with Crippen LogP contribution >= 0.6 is 11.3 Å². The zero-order chi connectivity index (χ0) is 22.7. The fourth-order valence-corrected chi connectivity index (χ4v) is 3.25. The number of esters is 1. The lowest BCUT2D eigenvalue weighted by Gasteiger charge is -2.32. The highest BCUT2D eigenvalue weighted by Crippen LogP contribution is 2.38. The van der Waals surface area contributed by atoms with Crippen LogP contribution < -0.4 is 5.32 Å². The maximum atomic E-state index is 12.1. The first-order chi connectivity index (χ1) is 13.7. The molecular weight excluding hydrogens is 407 g/mol. The van der Waals surface area contributed by atoms with Gasteiger partial charge < -0.3 is 24.1 Å². The molecular formula is C20H31BN2O6S. The van der Waals surface area contributed by atoms with Crippen LogP contribution in [0.15, 0.2) is 10.9 Å². The summed E-state index contributed by atoms with van der Waals surface area (Å²) in [5.74, 6) is -0.475.